The van der Waals surface area contributed by atoms with Crippen molar-refractivity contribution in [3.63, 3.8) is 0 Å². The second kappa shape index (κ2) is 6.60. The molecule has 3 nitrogen and oxygen atoms in total. The number of aryl methyl sites for hydroxylation is 1. The van der Waals surface area contributed by atoms with Crippen LogP contribution in [-0.2, 0) is 13.0 Å². The second-order valence-corrected chi connectivity index (χ2v) is 6.45. The summed E-state index contributed by atoms with van der Waals surface area (Å²) < 4.78 is 7.70. The molecule has 0 spiro atoms. The number of benzene rings is 2. The Balaban J connectivity index is 1.95. The van der Waals surface area contributed by atoms with E-state index in [-0.39, 0.29) is 5.63 Å². The quantitative estimate of drug-likeness (QED) is 0.507. The molecule has 4 rings (SSSR count). The van der Waals surface area contributed by atoms with Crippen molar-refractivity contribution >= 4 is 21.8 Å². The molecule has 2 aromatic carbocycles. The Labute approximate surface area is 146 Å². The van der Waals surface area contributed by atoms with Crippen LogP contribution >= 0.6 is 0 Å². The molecule has 0 aliphatic rings. The number of rotatable bonds is 5. The first kappa shape index (κ1) is 15.7. The van der Waals surface area contributed by atoms with Gasteiger partial charge in [-0.1, -0.05) is 61.9 Å². The highest BCUT2D eigenvalue weighted by Gasteiger charge is 2.16. The average molecular weight is 331 g/mol. The maximum absolute atomic E-state index is 12.8. The van der Waals surface area contributed by atoms with E-state index in [1.807, 2.05) is 30.3 Å². The zero-order valence-electron chi connectivity index (χ0n) is 14.4. The number of hydrogen-bond donors (Lipinski definition) is 0. The van der Waals surface area contributed by atoms with Crippen molar-refractivity contribution < 1.29 is 4.42 Å². The van der Waals surface area contributed by atoms with Gasteiger partial charge in [-0.25, -0.2) is 4.79 Å². The molecule has 0 radical (unpaired) electrons. The van der Waals surface area contributed by atoms with Crippen LogP contribution in [0.1, 0.15) is 31.1 Å². The predicted molar refractivity (Wildman–Crippen MR) is 102 cm³/mol. The fourth-order valence-corrected chi connectivity index (χ4v) is 3.46. The SMILES string of the molecule is CCCCc1cc2c3ccccc3n(Cc3ccccc3)c2c(=O)o1. The van der Waals surface area contributed by atoms with Gasteiger partial charge in [-0.2, -0.15) is 0 Å². The van der Waals surface area contributed by atoms with Crippen molar-refractivity contribution in [1.29, 1.82) is 0 Å². The maximum Gasteiger partial charge on any atom is 0.360 e. The van der Waals surface area contributed by atoms with Crippen molar-refractivity contribution in [2.24, 2.45) is 0 Å². The van der Waals surface area contributed by atoms with Crippen LogP contribution in [-0.4, -0.2) is 4.57 Å². The lowest BCUT2D eigenvalue weighted by molar-refractivity contribution is 0.457. The van der Waals surface area contributed by atoms with Gasteiger partial charge in [-0.3, -0.25) is 0 Å². The van der Waals surface area contributed by atoms with E-state index in [2.05, 4.69) is 41.8 Å². The van der Waals surface area contributed by atoms with Crippen LogP contribution in [0.5, 0.6) is 0 Å². The molecule has 0 aliphatic heterocycles. The molecule has 126 valence electrons. The van der Waals surface area contributed by atoms with Crippen molar-refractivity contribution in [3.8, 4) is 0 Å². The highest BCUT2D eigenvalue weighted by Crippen LogP contribution is 2.28. The Morgan fingerprint density at radius 3 is 2.52 bits per heavy atom. The summed E-state index contributed by atoms with van der Waals surface area (Å²) in [6.07, 6.45) is 2.91. The first-order chi connectivity index (χ1) is 12.3. The molecule has 2 aromatic heterocycles. The minimum Gasteiger partial charge on any atom is -0.426 e. The van der Waals surface area contributed by atoms with Gasteiger partial charge < -0.3 is 8.98 Å². The first-order valence-corrected chi connectivity index (χ1v) is 8.86. The standard InChI is InChI=1S/C22H21NO2/c1-2-3-11-17-14-19-18-12-7-8-13-20(18)23(21(19)22(24)25-17)15-16-9-5-4-6-10-16/h4-10,12-14H,2-3,11,15H2,1H3. The maximum atomic E-state index is 12.8. The minimum absolute atomic E-state index is 0.240. The Hall–Kier alpha value is -2.81. The van der Waals surface area contributed by atoms with Crippen molar-refractivity contribution in [2.75, 3.05) is 0 Å². The molecule has 0 saturated carbocycles. The summed E-state index contributed by atoms with van der Waals surface area (Å²) in [6, 6.07) is 20.5. The summed E-state index contributed by atoms with van der Waals surface area (Å²) in [5.74, 6) is 0.780. The van der Waals surface area contributed by atoms with E-state index in [4.69, 9.17) is 4.42 Å². The van der Waals surface area contributed by atoms with Gasteiger partial charge in [0.25, 0.3) is 0 Å². The molecule has 4 aromatic rings. The van der Waals surface area contributed by atoms with Crippen molar-refractivity contribution in [3.05, 3.63) is 82.4 Å². The Bertz CT molecular complexity index is 1070. The molecule has 2 heterocycles. The van der Waals surface area contributed by atoms with Gasteiger partial charge in [-0.15, -0.1) is 0 Å². The molecule has 0 amide bonds. The number of fused-ring (bicyclic) bond motifs is 3. The molecular formula is C22H21NO2. The monoisotopic (exact) mass is 331 g/mol. The van der Waals surface area contributed by atoms with Gasteiger partial charge in [-0.05, 0) is 24.1 Å². The smallest absolute Gasteiger partial charge is 0.360 e. The molecule has 0 aliphatic carbocycles. The van der Waals surface area contributed by atoms with Gasteiger partial charge in [0.05, 0.1) is 0 Å². The number of unbranched alkanes of at least 4 members (excludes halogenated alkanes) is 1. The number of nitrogens with zero attached hydrogens (tertiary/aromatic N) is 1. The van der Waals surface area contributed by atoms with E-state index in [1.165, 1.54) is 5.56 Å². The Morgan fingerprint density at radius 2 is 1.72 bits per heavy atom. The highest BCUT2D eigenvalue weighted by molar-refractivity contribution is 6.07. The largest absolute Gasteiger partial charge is 0.426 e. The van der Waals surface area contributed by atoms with E-state index in [9.17, 15) is 4.79 Å². The molecule has 0 unspecified atom stereocenters. The molecule has 25 heavy (non-hydrogen) atoms. The molecule has 3 heteroatoms. The average Bonchev–Trinajstić information content (AvgIpc) is 2.95. The van der Waals surface area contributed by atoms with E-state index >= 15 is 0 Å². The Morgan fingerprint density at radius 1 is 0.960 bits per heavy atom. The summed E-state index contributed by atoms with van der Waals surface area (Å²) in [7, 11) is 0. The molecule has 0 atom stereocenters. The van der Waals surface area contributed by atoms with Crippen molar-refractivity contribution in [2.45, 2.75) is 32.7 Å². The molecule has 0 saturated heterocycles. The van der Waals surface area contributed by atoms with Crippen LogP contribution in [0.15, 0.2) is 69.9 Å². The van der Waals surface area contributed by atoms with Gasteiger partial charge in [0, 0.05) is 29.3 Å². The van der Waals surface area contributed by atoms with Crippen LogP contribution in [0.3, 0.4) is 0 Å². The third-order valence-corrected chi connectivity index (χ3v) is 4.69. The number of para-hydroxylation sites is 1. The highest BCUT2D eigenvalue weighted by atomic mass is 16.4. The number of aromatic nitrogens is 1. The van der Waals surface area contributed by atoms with Crippen LogP contribution in [0.25, 0.3) is 21.8 Å². The second-order valence-electron chi connectivity index (χ2n) is 6.45. The van der Waals surface area contributed by atoms with Crippen LogP contribution in [0.4, 0.5) is 0 Å². The fourth-order valence-electron chi connectivity index (χ4n) is 3.46. The van der Waals surface area contributed by atoms with Crippen LogP contribution in [0, 0.1) is 0 Å². The Kier molecular flexibility index (Phi) is 4.14. The molecular weight excluding hydrogens is 310 g/mol. The number of hydrogen-bond acceptors (Lipinski definition) is 2. The molecule has 0 fully saturated rings. The lowest BCUT2D eigenvalue weighted by atomic mass is 10.1. The van der Waals surface area contributed by atoms with Gasteiger partial charge >= 0.3 is 5.63 Å². The summed E-state index contributed by atoms with van der Waals surface area (Å²) in [4.78, 5) is 12.8. The van der Waals surface area contributed by atoms with Crippen LogP contribution < -0.4 is 5.63 Å². The molecule has 0 bridgehead atoms. The van der Waals surface area contributed by atoms with Gasteiger partial charge in [0.2, 0.25) is 0 Å². The normalized spacial score (nSPS) is 11.4. The summed E-state index contributed by atoms with van der Waals surface area (Å²) in [5.41, 5.74) is 2.65. The third kappa shape index (κ3) is 2.86. The van der Waals surface area contributed by atoms with Crippen LogP contribution in [0.2, 0.25) is 0 Å². The minimum atomic E-state index is -0.240. The lowest BCUT2D eigenvalue weighted by Gasteiger charge is -2.07. The van der Waals surface area contributed by atoms with E-state index in [1.54, 1.807) is 0 Å². The molecule has 0 N–H and O–H groups in total. The zero-order chi connectivity index (χ0) is 17.2. The van der Waals surface area contributed by atoms with Gasteiger partial charge in [0.15, 0.2) is 0 Å². The van der Waals surface area contributed by atoms with Crippen molar-refractivity contribution in [1.82, 2.24) is 4.57 Å². The summed E-state index contributed by atoms with van der Waals surface area (Å²) in [5, 5.41) is 2.10. The zero-order valence-corrected chi connectivity index (χ0v) is 14.4. The van der Waals surface area contributed by atoms with E-state index < -0.39 is 0 Å². The van der Waals surface area contributed by atoms with Gasteiger partial charge in [0.1, 0.15) is 11.3 Å². The van der Waals surface area contributed by atoms with E-state index in [0.29, 0.717) is 12.1 Å². The lowest BCUT2D eigenvalue weighted by Crippen LogP contribution is -2.09. The van der Waals surface area contributed by atoms with E-state index in [0.717, 1.165) is 41.3 Å². The third-order valence-electron chi connectivity index (χ3n) is 4.69. The topological polar surface area (TPSA) is 35.1 Å². The predicted octanol–water partition coefficient (Wildman–Crippen LogP) is 5.14. The fraction of sp³-hybridized carbons (Fsp3) is 0.227. The summed E-state index contributed by atoms with van der Waals surface area (Å²) in [6.45, 7) is 2.80. The first-order valence-electron chi connectivity index (χ1n) is 8.86. The summed E-state index contributed by atoms with van der Waals surface area (Å²) >= 11 is 0.